The van der Waals surface area contributed by atoms with Crippen LogP contribution in [-0.2, 0) is 24.3 Å². The van der Waals surface area contributed by atoms with E-state index in [0.717, 1.165) is 5.56 Å². The lowest BCUT2D eigenvalue weighted by atomic mass is 10.2. The van der Waals surface area contributed by atoms with Crippen LogP contribution in [0.15, 0.2) is 47.4 Å². The molecule has 0 aliphatic carbocycles. The molecule has 0 fully saturated rings. The molecular formula is C23H30N2O8S. The van der Waals surface area contributed by atoms with Crippen molar-refractivity contribution in [1.29, 1.82) is 0 Å². The number of esters is 1. The zero-order valence-electron chi connectivity index (χ0n) is 19.5. The van der Waals surface area contributed by atoms with Crippen molar-refractivity contribution in [3.05, 3.63) is 48.0 Å². The number of hydrogen-bond acceptors (Lipinski definition) is 8. The normalized spacial score (nSPS) is 13.0. The van der Waals surface area contributed by atoms with Crippen LogP contribution in [0.2, 0.25) is 0 Å². The van der Waals surface area contributed by atoms with Crippen LogP contribution in [0.25, 0.3) is 0 Å². The van der Waals surface area contributed by atoms with Crippen molar-refractivity contribution < 1.29 is 37.3 Å². The quantitative estimate of drug-likeness (QED) is 0.381. The summed E-state index contributed by atoms with van der Waals surface area (Å²) in [5, 5.41) is 12.5. The molecule has 0 unspecified atom stereocenters. The van der Waals surface area contributed by atoms with E-state index in [1.165, 1.54) is 19.1 Å². The van der Waals surface area contributed by atoms with E-state index in [1.54, 1.807) is 37.3 Å². The fraction of sp³-hybridized carbons (Fsp3) is 0.391. The number of rotatable bonds is 12. The van der Waals surface area contributed by atoms with Gasteiger partial charge in [0.2, 0.25) is 10.0 Å². The molecule has 3 N–H and O–H groups in total. The number of aliphatic hydroxyl groups is 1. The Balaban J connectivity index is 2.01. The van der Waals surface area contributed by atoms with Crippen LogP contribution in [-0.4, -0.2) is 57.4 Å². The van der Waals surface area contributed by atoms with Gasteiger partial charge in [-0.25, -0.2) is 8.42 Å². The van der Waals surface area contributed by atoms with Gasteiger partial charge < -0.3 is 24.6 Å². The van der Waals surface area contributed by atoms with Crippen LogP contribution >= 0.6 is 0 Å². The van der Waals surface area contributed by atoms with Gasteiger partial charge in [-0.05, 0) is 52.0 Å². The van der Waals surface area contributed by atoms with Crippen molar-refractivity contribution in [2.75, 3.05) is 25.1 Å². The highest BCUT2D eigenvalue weighted by Crippen LogP contribution is 2.30. The van der Waals surface area contributed by atoms with Gasteiger partial charge in [-0.3, -0.25) is 9.59 Å². The van der Waals surface area contributed by atoms with Gasteiger partial charge in [0, 0.05) is 11.8 Å². The molecule has 2 aromatic rings. The average Bonchev–Trinajstić information content (AvgIpc) is 2.78. The molecule has 2 atom stereocenters. The number of aryl methyl sites for hydroxylation is 1. The summed E-state index contributed by atoms with van der Waals surface area (Å²) in [4.78, 5) is 24.6. The van der Waals surface area contributed by atoms with Crippen LogP contribution < -0.4 is 19.5 Å². The molecule has 0 spiro atoms. The Morgan fingerprint density at radius 2 is 1.62 bits per heavy atom. The standard InChI is InChI=1S/C23H30N2O8S/c1-5-31-19-12-9-17(13-20(19)32-6-2)24-21(27)14-33-23(28)22(16(4)26)25-34(29,30)18-10-7-15(3)8-11-18/h7-13,16,22,25-26H,5-6,14H2,1-4H3,(H,24,27)/t16-,22+/m1/s1. The molecule has 1 amide bonds. The number of hydrogen-bond donors (Lipinski definition) is 3. The van der Waals surface area contributed by atoms with Gasteiger partial charge >= 0.3 is 5.97 Å². The van der Waals surface area contributed by atoms with Crippen molar-refractivity contribution >= 4 is 27.6 Å². The number of sulfonamides is 1. The maximum absolute atomic E-state index is 12.6. The Labute approximate surface area is 199 Å². The van der Waals surface area contributed by atoms with Crippen LogP contribution in [0, 0.1) is 6.92 Å². The lowest BCUT2D eigenvalue weighted by molar-refractivity contribution is -0.151. The molecule has 34 heavy (non-hydrogen) atoms. The lowest BCUT2D eigenvalue weighted by Crippen LogP contribution is -2.48. The van der Waals surface area contributed by atoms with Crippen LogP contribution in [0.4, 0.5) is 5.69 Å². The van der Waals surface area contributed by atoms with Gasteiger partial charge in [0.15, 0.2) is 18.1 Å². The van der Waals surface area contributed by atoms with Crippen LogP contribution in [0.5, 0.6) is 11.5 Å². The summed E-state index contributed by atoms with van der Waals surface area (Å²) in [5.74, 6) is -0.790. The van der Waals surface area contributed by atoms with E-state index in [2.05, 4.69) is 10.0 Å². The maximum atomic E-state index is 12.6. The molecule has 0 aromatic heterocycles. The molecule has 0 heterocycles. The predicted octanol–water partition coefficient (Wildman–Crippen LogP) is 2.00. The molecule has 0 saturated carbocycles. The first kappa shape index (κ1) is 27.1. The van der Waals surface area contributed by atoms with Gasteiger partial charge in [0.1, 0.15) is 6.04 Å². The smallest absolute Gasteiger partial charge is 0.327 e. The number of benzene rings is 2. The number of anilines is 1. The van der Waals surface area contributed by atoms with Gasteiger partial charge in [-0.15, -0.1) is 0 Å². The summed E-state index contributed by atoms with van der Waals surface area (Å²) in [6.45, 7) is 6.83. The third kappa shape index (κ3) is 7.72. The first-order chi connectivity index (χ1) is 16.1. The third-order valence-corrected chi connectivity index (χ3v) is 5.98. The molecular weight excluding hydrogens is 464 g/mol. The number of carbonyl (C=O) groups is 2. The fourth-order valence-corrected chi connectivity index (χ4v) is 4.11. The Morgan fingerprint density at radius 3 is 2.21 bits per heavy atom. The summed E-state index contributed by atoms with van der Waals surface area (Å²) in [6.07, 6.45) is -1.41. The molecule has 0 bridgehead atoms. The number of nitrogens with one attached hydrogen (secondary N) is 2. The van der Waals surface area contributed by atoms with Crippen molar-refractivity contribution in [3.63, 3.8) is 0 Å². The topological polar surface area (TPSA) is 140 Å². The maximum Gasteiger partial charge on any atom is 0.327 e. The second kappa shape index (κ2) is 12.4. The highest BCUT2D eigenvalue weighted by Gasteiger charge is 2.31. The van der Waals surface area contributed by atoms with E-state index in [9.17, 15) is 23.1 Å². The van der Waals surface area contributed by atoms with E-state index in [4.69, 9.17) is 14.2 Å². The van der Waals surface area contributed by atoms with E-state index in [-0.39, 0.29) is 4.90 Å². The van der Waals surface area contributed by atoms with Gasteiger partial charge in [0.05, 0.1) is 24.2 Å². The summed E-state index contributed by atoms with van der Waals surface area (Å²) in [6, 6.07) is 9.17. The van der Waals surface area contributed by atoms with Crippen molar-refractivity contribution in [1.82, 2.24) is 4.72 Å². The molecule has 2 rings (SSSR count). The number of ether oxygens (including phenoxy) is 3. The Morgan fingerprint density at radius 1 is 1.00 bits per heavy atom. The van der Waals surface area contributed by atoms with Crippen molar-refractivity contribution in [2.45, 2.75) is 44.7 Å². The minimum Gasteiger partial charge on any atom is -0.490 e. The summed E-state index contributed by atoms with van der Waals surface area (Å²) in [5.41, 5.74) is 1.25. The predicted molar refractivity (Wildman–Crippen MR) is 125 cm³/mol. The summed E-state index contributed by atoms with van der Waals surface area (Å²) >= 11 is 0. The van der Waals surface area contributed by atoms with E-state index < -0.39 is 40.7 Å². The second-order valence-corrected chi connectivity index (χ2v) is 9.05. The lowest BCUT2D eigenvalue weighted by Gasteiger charge is -2.20. The monoisotopic (exact) mass is 494 g/mol. The van der Waals surface area contributed by atoms with Gasteiger partial charge in [0.25, 0.3) is 5.91 Å². The third-order valence-electron chi connectivity index (χ3n) is 4.52. The Kier molecular flexibility index (Phi) is 9.84. The second-order valence-electron chi connectivity index (χ2n) is 7.34. The molecule has 0 aliphatic heterocycles. The molecule has 11 heteroatoms. The molecule has 0 saturated heterocycles. The molecule has 0 aliphatic rings. The van der Waals surface area contributed by atoms with Gasteiger partial charge in [-0.1, -0.05) is 17.7 Å². The van der Waals surface area contributed by atoms with E-state index in [0.29, 0.717) is 30.4 Å². The number of aliphatic hydroxyl groups excluding tert-OH is 1. The molecule has 0 radical (unpaired) electrons. The highest BCUT2D eigenvalue weighted by molar-refractivity contribution is 7.89. The first-order valence-electron chi connectivity index (χ1n) is 10.7. The number of amides is 1. The Hall–Kier alpha value is -3.15. The van der Waals surface area contributed by atoms with Crippen LogP contribution in [0.3, 0.4) is 0 Å². The zero-order chi connectivity index (χ0) is 25.3. The Bertz CT molecular complexity index is 1080. The average molecular weight is 495 g/mol. The summed E-state index contributed by atoms with van der Waals surface area (Å²) in [7, 11) is -4.11. The molecule has 186 valence electrons. The largest absolute Gasteiger partial charge is 0.490 e. The van der Waals surface area contributed by atoms with Crippen molar-refractivity contribution in [3.8, 4) is 11.5 Å². The summed E-state index contributed by atoms with van der Waals surface area (Å²) < 4.78 is 43.2. The van der Waals surface area contributed by atoms with E-state index >= 15 is 0 Å². The van der Waals surface area contributed by atoms with E-state index in [1.807, 2.05) is 13.8 Å². The minimum absolute atomic E-state index is 0.0742. The molecule has 10 nitrogen and oxygen atoms in total. The molecule has 2 aromatic carbocycles. The number of carbonyl (C=O) groups excluding carboxylic acids is 2. The SMILES string of the molecule is CCOc1ccc(NC(=O)COC(=O)[C@@H](NS(=O)(=O)c2ccc(C)cc2)[C@@H](C)O)cc1OCC. The van der Waals surface area contributed by atoms with Crippen LogP contribution in [0.1, 0.15) is 26.3 Å². The fourth-order valence-electron chi connectivity index (χ4n) is 2.85. The first-order valence-corrected chi connectivity index (χ1v) is 12.2. The van der Waals surface area contributed by atoms with Gasteiger partial charge in [-0.2, -0.15) is 4.72 Å². The highest BCUT2D eigenvalue weighted by atomic mass is 32.2. The zero-order valence-corrected chi connectivity index (χ0v) is 20.3. The minimum atomic E-state index is -4.11. The van der Waals surface area contributed by atoms with Crippen molar-refractivity contribution in [2.24, 2.45) is 0 Å².